The minimum atomic E-state index is -0.0502. The molecule has 0 atom stereocenters. The fourth-order valence-electron chi connectivity index (χ4n) is 2.34. The standard InChI is InChI=1S/C20H23NO4S/c1-14(22)15-9-10-18(19(12-15)24-2)25-11-5-8-20(23)21-16-6-4-7-17(13-16)26-3/h4,6-7,9-10,12-13H,5,8,11H2,1-3H3,(H,21,23). The SMILES string of the molecule is COc1cc(C(C)=O)ccc1OCCCC(=O)Nc1cccc(SC)c1. The molecule has 0 radical (unpaired) electrons. The third-order valence-corrected chi connectivity index (χ3v) is 4.45. The van der Waals surface area contributed by atoms with Gasteiger partial charge < -0.3 is 14.8 Å². The zero-order chi connectivity index (χ0) is 18.9. The van der Waals surface area contributed by atoms with Crippen molar-refractivity contribution >= 4 is 29.1 Å². The number of Topliss-reactive ketones (excluding diaryl/α,β-unsaturated/α-hetero) is 1. The van der Waals surface area contributed by atoms with Gasteiger partial charge in [-0.15, -0.1) is 11.8 Å². The molecule has 0 aliphatic carbocycles. The number of nitrogens with one attached hydrogen (secondary N) is 1. The maximum Gasteiger partial charge on any atom is 0.224 e. The number of ether oxygens (including phenoxy) is 2. The Kier molecular flexibility index (Phi) is 7.53. The molecule has 5 nitrogen and oxygen atoms in total. The number of benzene rings is 2. The Morgan fingerprint density at radius 1 is 1.12 bits per heavy atom. The quantitative estimate of drug-likeness (QED) is 0.400. The molecule has 0 aliphatic heterocycles. The normalized spacial score (nSPS) is 10.3. The lowest BCUT2D eigenvalue weighted by atomic mass is 10.1. The molecule has 0 spiro atoms. The highest BCUT2D eigenvalue weighted by Gasteiger charge is 2.09. The summed E-state index contributed by atoms with van der Waals surface area (Å²) in [6, 6.07) is 12.8. The van der Waals surface area contributed by atoms with Gasteiger partial charge in [-0.25, -0.2) is 0 Å². The average Bonchev–Trinajstić information content (AvgIpc) is 2.65. The molecule has 1 N–H and O–H groups in total. The van der Waals surface area contributed by atoms with Gasteiger partial charge in [0.2, 0.25) is 5.91 Å². The summed E-state index contributed by atoms with van der Waals surface area (Å²) in [4.78, 5) is 24.5. The number of hydrogen-bond donors (Lipinski definition) is 1. The van der Waals surface area contributed by atoms with E-state index in [4.69, 9.17) is 9.47 Å². The molecule has 0 bridgehead atoms. The van der Waals surface area contributed by atoms with Crippen LogP contribution >= 0.6 is 11.8 Å². The van der Waals surface area contributed by atoms with Crippen molar-refractivity contribution in [3.8, 4) is 11.5 Å². The molecule has 6 heteroatoms. The number of anilines is 1. The number of carbonyl (C=O) groups is 2. The Labute approximate surface area is 158 Å². The van der Waals surface area contributed by atoms with Crippen molar-refractivity contribution in [3.05, 3.63) is 48.0 Å². The second kappa shape index (κ2) is 9.87. The molecule has 1 amide bonds. The molecular weight excluding hydrogens is 350 g/mol. The molecule has 0 saturated heterocycles. The van der Waals surface area contributed by atoms with Crippen LogP contribution in [0, 0.1) is 0 Å². The van der Waals surface area contributed by atoms with Crippen molar-refractivity contribution in [2.24, 2.45) is 0 Å². The largest absolute Gasteiger partial charge is 0.493 e. The van der Waals surface area contributed by atoms with Gasteiger partial charge in [0.1, 0.15) is 0 Å². The topological polar surface area (TPSA) is 64.6 Å². The maximum absolute atomic E-state index is 12.0. The summed E-state index contributed by atoms with van der Waals surface area (Å²) < 4.78 is 10.9. The van der Waals surface area contributed by atoms with Gasteiger partial charge in [-0.1, -0.05) is 6.07 Å². The molecule has 26 heavy (non-hydrogen) atoms. The lowest BCUT2D eigenvalue weighted by Gasteiger charge is -2.11. The fraction of sp³-hybridized carbons (Fsp3) is 0.300. The summed E-state index contributed by atoms with van der Waals surface area (Å²) in [6.45, 7) is 1.89. The van der Waals surface area contributed by atoms with E-state index in [9.17, 15) is 9.59 Å². The lowest BCUT2D eigenvalue weighted by Crippen LogP contribution is -2.13. The molecule has 0 aliphatic rings. The average molecular weight is 373 g/mol. The molecule has 0 heterocycles. The first kappa shape index (κ1) is 19.8. The summed E-state index contributed by atoms with van der Waals surface area (Å²) >= 11 is 1.63. The summed E-state index contributed by atoms with van der Waals surface area (Å²) in [6.07, 6.45) is 2.93. The van der Waals surface area contributed by atoms with Gasteiger partial charge in [0.25, 0.3) is 0 Å². The number of carbonyl (C=O) groups excluding carboxylic acids is 2. The van der Waals surface area contributed by atoms with Crippen LogP contribution in [0.15, 0.2) is 47.4 Å². The van der Waals surface area contributed by atoms with Crippen molar-refractivity contribution in [2.75, 3.05) is 25.3 Å². The minimum absolute atomic E-state index is 0.0305. The second-order valence-electron chi connectivity index (χ2n) is 5.65. The number of ketones is 1. The lowest BCUT2D eigenvalue weighted by molar-refractivity contribution is -0.116. The van der Waals surface area contributed by atoms with Crippen LogP contribution < -0.4 is 14.8 Å². The summed E-state index contributed by atoms with van der Waals surface area (Å²) in [5.74, 6) is 0.990. The number of amides is 1. The van der Waals surface area contributed by atoms with E-state index < -0.39 is 0 Å². The van der Waals surface area contributed by atoms with Crippen LogP contribution in [-0.4, -0.2) is 31.7 Å². The number of hydrogen-bond acceptors (Lipinski definition) is 5. The van der Waals surface area contributed by atoms with Crippen LogP contribution in [0.1, 0.15) is 30.1 Å². The molecule has 2 aromatic rings. The first-order valence-corrected chi connectivity index (χ1v) is 9.51. The van der Waals surface area contributed by atoms with Crippen LogP contribution in [0.5, 0.6) is 11.5 Å². The van der Waals surface area contributed by atoms with Gasteiger partial charge in [0.15, 0.2) is 17.3 Å². The van der Waals surface area contributed by atoms with E-state index in [1.807, 2.05) is 30.5 Å². The Hall–Kier alpha value is -2.47. The Balaban J connectivity index is 1.81. The number of rotatable bonds is 9. The maximum atomic E-state index is 12.0. The highest BCUT2D eigenvalue weighted by molar-refractivity contribution is 7.98. The van der Waals surface area contributed by atoms with Crippen molar-refractivity contribution in [3.63, 3.8) is 0 Å². The van der Waals surface area contributed by atoms with Crippen molar-refractivity contribution < 1.29 is 19.1 Å². The van der Waals surface area contributed by atoms with E-state index in [-0.39, 0.29) is 11.7 Å². The predicted octanol–water partition coefficient (Wildman–Crippen LogP) is 4.42. The van der Waals surface area contributed by atoms with Gasteiger partial charge in [-0.2, -0.15) is 0 Å². The van der Waals surface area contributed by atoms with Crippen LogP contribution in [-0.2, 0) is 4.79 Å². The zero-order valence-electron chi connectivity index (χ0n) is 15.2. The molecule has 0 unspecified atom stereocenters. The Morgan fingerprint density at radius 3 is 2.62 bits per heavy atom. The van der Waals surface area contributed by atoms with E-state index in [0.717, 1.165) is 10.6 Å². The highest BCUT2D eigenvalue weighted by Crippen LogP contribution is 2.28. The van der Waals surface area contributed by atoms with Gasteiger partial charge in [-0.05, 0) is 56.0 Å². The Bertz CT molecular complexity index is 776. The van der Waals surface area contributed by atoms with Crippen molar-refractivity contribution in [1.29, 1.82) is 0 Å². The molecule has 0 fully saturated rings. The van der Waals surface area contributed by atoms with Gasteiger partial charge in [-0.3, -0.25) is 9.59 Å². The number of thioether (sulfide) groups is 1. The second-order valence-corrected chi connectivity index (χ2v) is 6.53. The van der Waals surface area contributed by atoms with E-state index in [1.165, 1.54) is 14.0 Å². The van der Waals surface area contributed by atoms with Gasteiger partial charge >= 0.3 is 0 Å². The summed E-state index contributed by atoms with van der Waals surface area (Å²) in [5, 5.41) is 2.89. The van der Waals surface area contributed by atoms with Crippen LogP contribution in [0.3, 0.4) is 0 Å². The van der Waals surface area contributed by atoms with E-state index >= 15 is 0 Å². The van der Waals surface area contributed by atoms with Crippen LogP contribution in [0.25, 0.3) is 0 Å². The van der Waals surface area contributed by atoms with Crippen LogP contribution in [0.2, 0.25) is 0 Å². The Morgan fingerprint density at radius 2 is 1.92 bits per heavy atom. The van der Waals surface area contributed by atoms with Crippen molar-refractivity contribution in [2.45, 2.75) is 24.7 Å². The number of methoxy groups -OCH3 is 1. The van der Waals surface area contributed by atoms with E-state index in [2.05, 4.69) is 5.32 Å². The molecule has 2 rings (SSSR count). The molecule has 0 aromatic heterocycles. The minimum Gasteiger partial charge on any atom is -0.493 e. The third kappa shape index (κ3) is 5.81. The zero-order valence-corrected chi connectivity index (χ0v) is 16.0. The smallest absolute Gasteiger partial charge is 0.224 e. The summed E-state index contributed by atoms with van der Waals surface area (Å²) in [7, 11) is 1.53. The van der Waals surface area contributed by atoms with Crippen LogP contribution in [0.4, 0.5) is 5.69 Å². The van der Waals surface area contributed by atoms with E-state index in [0.29, 0.717) is 36.5 Å². The fourth-order valence-corrected chi connectivity index (χ4v) is 2.80. The van der Waals surface area contributed by atoms with E-state index in [1.54, 1.807) is 30.0 Å². The van der Waals surface area contributed by atoms with Gasteiger partial charge in [0.05, 0.1) is 13.7 Å². The highest BCUT2D eigenvalue weighted by atomic mass is 32.2. The molecular formula is C20H23NO4S. The van der Waals surface area contributed by atoms with Gasteiger partial charge in [0, 0.05) is 22.6 Å². The van der Waals surface area contributed by atoms with Crippen molar-refractivity contribution in [1.82, 2.24) is 0 Å². The first-order valence-electron chi connectivity index (χ1n) is 8.29. The third-order valence-electron chi connectivity index (χ3n) is 3.73. The summed E-state index contributed by atoms with van der Waals surface area (Å²) in [5.41, 5.74) is 1.37. The monoisotopic (exact) mass is 373 g/mol. The molecule has 2 aromatic carbocycles. The molecule has 0 saturated carbocycles. The molecule has 138 valence electrons. The predicted molar refractivity (Wildman–Crippen MR) is 105 cm³/mol. The first-order chi connectivity index (χ1) is 12.5.